The summed E-state index contributed by atoms with van der Waals surface area (Å²) in [7, 11) is 0. The van der Waals surface area contributed by atoms with Gasteiger partial charge in [-0.2, -0.15) is 9.61 Å². The molecule has 0 unspecified atom stereocenters. The molecule has 0 amide bonds. The fraction of sp³-hybridized carbons (Fsp3) is 0.364. The van der Waals surface area contributed by atoms with E-state index in [1.54, 1.807) is 12.1 Å². The van der Waals surface area contributed by atoms with Crippen LogP contribution in [0.25, 0.3) is 5.65 Å². The third-order valence-electron chi connectivity index (χ3n) is 2.33. The first-order valence-corrected chi connectivity index (χ1v) is 5.43. The second-order valence-corrected chi connectivity index (χ2v) is 3.61. The van der Waals surface area contributed by atoms with Gasteiger partial charge in [0.1, 0.15) is 5.82 Å². The lowest BCUT2D eigenvalue weighted by Gasteiger charge is -2.03. The normalized spacial score (nSPS) is 10.3. The first-order valence-electron chi connectivity index (χ1n) is 5.43. The highest BCUT2D eigenvalue weighted by molar-refractivity contribution is 5.42. The molecule has 0 spiro atoms. The number of H-pyrrole nitrogens is 1. The average Bonchev–Trinajstić information content (AvgIpc) is 2.71. The summed E-state index contributed by atoms with van der Waals surface area (Å²) in [5.41, 5.74) is 0.170. The Balaban J connectivity index is 1.97. The highest BCUT2D eigenvalue weighted by atomic mass is 16.2. The van der Waals surface area contributed by atoms with Crippen molar-refractivity contribution >= 4 is 11.5 Å². The monoisotopic (exact) mass is 231 g/mol. The minimum atomic E-state index is -0.337. The van der Waals surface area contributed by atoms with Crippen LogP contribution in [-0.2, 0) is 0 Å². The fourth-order valence-electron chi connectivity index (χ4n) is 1.47. The van der Waals surface area contributed by atoms with Crippen LogP contribution in [0.3, 0.4) is 0 Å². The third-order valence-corrected chi connectivity index (χ3v) is 2.33. The van der Waals surface area contributed by atoms with Crippen LogP contribution in [0.2, 0.25) is 0 Å². The first-order chi connectivity index (χ1) is 8.31. The second-order valence-electron chi connectivity index (χ2n) is 3.61. The standard InChI is InChI=1S/C11H13N5O/c1-2-3-4-5-8-12-9-6-7-10-13-14-11(17)16(10)15-9/h1,6-7H,3-5,8H2,(H,12,15)(H,14,17). The molecule has 2 N–H and O–H groups in total. The van der Waals surface area contributed by atoms with E-state index in [0.717, 1.165) is 25.8 Å². The zero-order valence-electron chi connectivity index (χ0n) is 9.31. The number of aromatic amines is 1. The van der Waals surface area contributed by atoms with Gasteiger partial charge in [0.25, 0.3) is 0 Å². The Morgan fingerprint density at radius 1 is 1.47 bits per heavy atom. The molecule has 6 heteroatoms. The van der Waals surface area contributed by atoms with Gasteiger partial charge >= 0.3 is 5.69 Å². The summed E-state index contributed by atoms with van der Waals surface area (Å²) < 4.78 is 1.23. The number of nitrogens with zero attached hydrogens (tertiary/aromatic N) is 3. The molecule has 0 bridgehead atoms. The third kappa shape index (κ3) is 2.64. The lowest BCUT2D eigenvalue weighted by atomic mass is 10.2. The Labute approximate surface area is 98.0 Å². The van der Waals surface area contributed by atoms with Gasteiger partial charge in [-0.3, -0.25) is 0 Å². The molecule has 2 aromatic rings. The number of unbranched alkanes of at least 4 members (excludes halogenated alkanes) is 2. The van der Waals surface area contributed by atoms with Crippen LogP contribution in [0.15, 0.2) is 16.9 Å². The van der Waals surface area contributed by atoms with Crippen LogP contribution < -0.4 is 11.0 Å². The predicted octanol–water partition coefficient (Wildman–Crippen LogP) is 0.633. The van der Waals surface area contributed by atoms with Crippen molar-refractivity contribution in [2.45, 2.75) is 19.3 Å². The molecule has 88 valence electrons. The van der Waals surface area contributed by atoms with Crippen LogP contribution in [0.1, 0.15) is 19.3 Å². The van der Waals surface area contributed by atoms with Crippen LogP contribution in [-0.4, -0.2) is 26.4 Å². The van der Waals surface area contributed by atoms with E-state index in [1.807, 2.05) is 0 Å². The van der Waals surface area contributed by atoms with E-state index in [-0.39, 0.29) is 5.69 Å². The van der Waals surface area contributed by atoms with E-state index < -0.39 is 0 Å². The quantitative estimate of drug-likeness (QED) is 0.584. The zero-order chi connectivity index (χ0) is 12.1. The molecule has 6 nitrogen and oxygen atoms in total. The molecule has 0 saturated heterocycles. The Kier molecular flexibility index (Phi) is 3.40. The minimum absolute atomic E-state index is 0.337. The molecule has 2 heterocycles. The predicted molar refractivity (Wildman–Crippen MR) is 64.8 cm³/mol. The number of nitrogens with one attached hydrogen (secondary N) is 2. The minimum Gasteiger partial charge on any atom is -0.369 e. The van der Waals surface area contributed by atoms with E-state index in [4.69, 9.17) is 6.42 Å². The topological polar surface area (TPSA) is 75.1 Å². The van der Waals surface area contributed by atoms with Gasteiger partial charge in [-0.1, -0.05) is 0 Å². The lowest BCUT2D eigenvalue weighted by Crippen LogP contribution is -2.14. The van der Waals surface area contributed by atoms with Gasteiger partial charge in [0.15, 0.2) is 5.65 Å². The maximum atomic E-state index is 11.3. The van der Waals surface area contributed by atoms with Crippen molar-refractivity contribution in [3.63, 3.8) is 0 Å². The summed E-state index contributed by atoms with van der Waals surface area (Å²) in [6.45, 7) is 0.785. The van der Waals surface area contributed by atoms with Crippen LogP contribution in [0, 0.1) is 12.3 Å². The SMILES string of the molecule is C#CCCCCNc1ccc2n[nH]c(=O)n2n1. The summed E-state index contributed by atoms with van der Waals surface area (Å²) in [6, 6.07) is 3.52. The molecular formula is C11H13N5O. The first kappa shape index (κ1) is 11.2. The van der Waals surface area contributed by atoms with Crippen molar-refractivity contribution in [2.75, 3.05) is 11.9 Å². The van der Waals surface area contributed by atoms with Crippen molar-refractivity contribution in [3.8, 4) is 12.3 Å². The number of anilines is 1. The van der Waals surface area contributed by atoms with Crippen LogP contribution >= 0.6 is 0 Å². The molecule has 0 radical (unpaired) electrons. The molecule has 0 aromatic carbocycles. The van der Waals surface area contributed by atoms with Gasteiger partial charge in [-0.15, -0.1) is 17.4 Å². The fourth-order valence-corrected chi connectivity index (χ4v) is 1.47. The molecular weight excluding hydrogens is 218 g/mol. The number of fused-ring (bicyclic) bond motifs is 1. The molecule has 2 aromatic heterocycles. The highest BCUT2D eigenvalue weighted by Crippen LogP contribution is 2.03. The van der Waals surface area contributed by atoms with Crippen molar-refractivity contribution in [2.24, 2.45) is 0 Å². The molecule has 0 saturated carbocycles. The van der Waals surface area contributed by atoms with Gasteiger partial charge < -0.3 is 5.32 Å². The van der Waals surface area contributed by atoms with Gasteiger partial charge in [0.05, 0.1) is 0 Å². The molecule has 0 aliphatic rings. The molecule has 0 aliphatic heterocycles. The summed E-state index contributed by atoms with van der Waals surface area (Å²) in [5, 5.41) is 13.4. The Bertz CT molecular complexity index is 592. The molecule has 0 aliphatic carbocycles. The molecule has 2 rings (SSSR count). The van der Waals surface area contributed by atoms with Gasteiger partial charge in [-0.05, 0) is 25.0 Å². The summed E-state index contributed by atoms with van der Waals surface area (Å²) in [5.74, 6) is 3.25. The Hall–Kier alpha value is -2.29. The lowest BCUT2D eigenvalue weighted by molar-refractivity contribution is 0.781. The summed E-state index contributed by atoms with van der Waals surface area (Å²) >= 11 is 0. The van der Waals surface area contributed by atoms with E-state index in [1.165, 1.54) is 4.52 Å². The van der Waals surface area contributed by atoms with Crippen molar-refractivity contribution in [3.05, 3.63) is 22.6 Å². The summed E-state index contributed by atoms with van der Waals surface area (Å²) in [4.78, 5) is 11.3. The van der Waals surface area contributed by atoms with E-state index in [9.17, 15) is 4.79 Å². The molecule has 0 atom stereocenters. The van der Waals surface area contributed by atoms with Crippen molar-refractivity contribution < 1.29 is 0 Å². The van der Waals surface area contributed by atoms with Gasteiger partial charge in [0, 0.05) is 13.0 Å². The molecule has 17 heavy (non-hydrogen) atoms. The number of terminal acetylenes is 1. The van der Waals surface area contributed by atoms with E-state index in [0.29, 0.717) is 11.5 Å². The van der Waals surface area contributed by atoms with Gasteiger partial charge in [-0.25, -0.2) is 9.89 Å². The van der Waals surface area contributed by atoms with Crippen LogP contribution in [0.5, 0.6) is 0 Å². The molecule has 0 fully saturated rings. The number of aromatic nitrogens is 4. The maximum absolute atomic E-state index is 11.3. The Morgan fingerprint density at radius 3 is 3.18 bits per heavy atom. The number of hydrogen-bond donors (Lipinski definition) is 2. The zero-order valence-corrected chi connectivity index (χ0v) is 9.31. The van der Waals surface area contributed by atoms with E-state index in [2.05, 4.69) is 26.5 Å². The summed E-state index contributed by atoms with van der Waals surface area (Å²) in [6.07, 6.45) is 7.90. The van der Waals surface area contributed by atoms with Crippen LogP contribution in [0.4, 0.5) is 5.82 Å². The van der Waals surface area contributed by atoms with Crippen molar-refractivity contribution in [1.29, 1.82) is 0 Å². The van der Waals surface area contributed by atoms with E-state index >= 15 is 0 Å². The average molecular weight is 231 g/mol. The second kappa shape index (κ2) is 5.16. The van der Waals surface area contributed by atoms with Crippen molar-refractivity contribution in [1.82, 2.24) is 19.8 Å². The number of rotatable bonds is 5. The van der Waals surface area contributed by atoms with Gasteiger partial charge in [0.2, 0.25) is 0 Å². The highest BCUT2D eigenvalue weighted by Gasteiger charge is 2.01. The smallest absolute Gasteiger partial charge is 0.364 e. The maximum Gasteiger partial charge on any atom is 0.364 e. The largest absolute Gasteiger partial charge is 0.369 e. The Morgan fingerprint density at radius 2 is 2.35 bits per heavy atom. The number of hydrogen-bond acceptors (Lipinski definition) is 4.